The van der Waals surface area contributed by atoms with Gasteiger partial charge in [-0.3, -0.25) is 0 Å². The molecule has 1 saturated heterocycles. The zero-order valence-corrected chi connectivity index (χ0v) is 17.1. The largest absolute Gasteiger partial charge is 0.243 e. The van der Waals surface area contributed by atoms with Crippen LogP contribution in [-0.2, 0) is 10.0 Å². The molecule has 3 nitrogen and oxygen atoms in total. The first-order valence-corrected chi connectivity index (χ1v) is 10.6. The number of sulfonamides is 1. The molecule has 0 bridgehead atoms. The lowest BCUT2D eigenvalue weighted by atomic mass is 9.78. The van der Waals surface area contributed by atoms with Gasteiger partial charge in [0.2, 0.25) is 10.0 Å². The van der Waals surface area contributed by atoms with Crippen LogP contribution in [0.5, 0.6) is 0 Å². The number of hydrogen-bond acceptors (Lipinski definition) is 2. The van der Waals surface area contributed by atoms with Gasteiger partial charge >= 0.3 is 0 Å². The van der Waals surface area contributed by atoms with E-state index >= 15 is 0 Å². The van der Waals surface area contributed by atoms with Crippen LogP contribution in [0, 0.1) is 12.3 Å². The van der Waals surface area contributed by atoms with Crippen LogP contribution in [-0.4, -0.2) is 28.1 Å². The third kappa shape index (κ3) is 3.64. The molecule has 0 aliphatic carbocycles. The number of halogens is 2. The third-order valence-corrected chi connectivity index (χ3v) is 7.25. The summed E-state index contributed by atoms with van der Waals surface area (Å²) >= 11 is 5.89. The van der Waals surface area contributed by atoms with Gasteiger partial charge in [-0.1, -0.05) is 70.1 Å². The van der Waals surface area contributed by atoms with Crippen molar-refractivity contribution in [3.05, 3.63) is 29.8 Å². The summed E-state index contributed by atoms with van der Waals surface area (Å²) in [6.45, 7) is 6.86. The highest BCUT2D eigenvalue weighted by atomic mass is 127. The zero-order chi connectivity index (χ0) is 15.8. The van der Waals surface area contributed by atoms with Gasteiger partial charge in [0, 0.05) is 6.54 Å². The van der Waals surface area contributed by atoms with Gasteiger partial charge in [0.15, 0.2) is 0 Å². The van der Waals surface area contributed by atoms with Crippen molar-refractivity contribution in [3.63, 3.8) is 0 Å². The van der Waals surface area contributed by atoms with Crippen LogP contribution in [0.2, 0.25) is 0 Å². The van der Waals surface area contributed by atoms with Crippen LogP contribution in [0.4, 0.5) is 0 Å². The van der Waals surface area contributed by atoms with E-state index < -0.39 is 10.0 Å². The van der Waals surface area contributed by atoms with Gasteiger partial charge < -0.3 is 0 Å². The molecule has 0 saturated carbocycles. The van der Waals surface area contributed by atoms with Crippen LogP contribution in [0.3, 0.4) is 0 Å². The Morgan fingerprint density at radius 2 is 1.90 bits per heavy atom. The van der Waals surface area contributed by atoms with Gasteiger partial charge in [0.1, 0.15) is 0 Å². The maximum absolute atomic E-state index is 13.0. The lowest BCUT2D eigenvalue weighted by molar-refractivity contribution is 0.115. The molecule has 6 heteroatoms. The number of hydrogen-bond donors (Lipinski definition) is 0. The zero-order valence-electron chi connectivity index (χ0n) is 12.5. The smallest absolute Gasteiger partial charge is 0.207 e. The van der Waals surface area contributed by atoms with Gasteiger partial charge in [0.25, 0.3) is 0 Å². The highest BCUT2D eigenvalue weighted by molar-refractivity contribution is 14.1. The molecule has 2 atom stereocenters. The molecule has 0 radical (unpaired) electrons. The first-order valence-electron chi connectivity index (χ1n) is 7.03. The standard InChI is InChI=1S/C15H21BrINO2S/c1-11-5-7-12(8-6-11)21(19,20)18-10-4-9-15(2,3)13(18)14(16)17/h5-8,13-14H,4,9-10H2,1-3H3. The molecule has 2 rings (SSSR count). The second-order valence-electron chi connectivity index (χ2n) is 6.30. The van der Waals surface area contributed by atoms with Gasteiger partial charge in [-0.15, -0.1) is 0 Å². The van der Waals surface area contributed by atoms with Crippen LogP contribution >= 0.6 is 38.5 Å². The monoisotopic (exact) mass is 485 g/mol. The number of piperidine rings is 1. The van der Waals surface area contributed by atoms with Crippen molar-refractivity contribution in [2.24, 2.45) is 5.41 Å². The SMILES string of the molecule is Cc1ccc(S(=O)(=O)N2CCCC(C)(C)C2C(Br)I)cc1. The van der Waals surface area contributed by atoms with Crippen LogP contribution in [0.1, 0.15) is 32.3 Å². The number of alkyl halides is 2. The molecule has 1 aromatic carbocycles. The highest BCUT2D eigenvalue weighted by Gasteiger charge is 2.45. The topological polar surface area (TPSA) is 37.4 Å². The Balaban J connectivity index is 2.44. The Bertz CT molecular complexity index is 599. The van der Waals surface area contributed by atoms with Gasteiger partial charge in [0.05, 0.1) is 13.8 Å². The van der Waals surface area contributed by atoms with Crippen molar-refractivity contribution in [1.82, 2.24) is 4.31 Å². The molecule has 1 heterocycles. The summed E-state index contributed by atoms with van der Waals surface area (Å²) in [4.78, 5) is 0.389. The summed E-state index contributed by atoms with van der Waals surface area (Å²) in [5.74, 6) is 0. The molecule has 0 amide bonds. The predicted octanol–water partition coefficient (Wildman–Crippen LogP) is 4.33. The summed E-state index contributed by atoms with van der Waals surface area (Å²) < 4.78 is 27.8. The maximum atomic E-state index is 13.0. The Hall–Kier alpha value is 0.340. The normalized spacial score (nSPS) is 24.7. The average Bonchev–Trinajstić information content (AvgIpc) is 2.37. The maximum Gasteiger partial charge on any atom is 0.243 e. The minimum absolute atomic E-state index is 0.0363. The molecule has 0 spiro atoms. The fourth-order valence-corrected chi connectivity index (χ4v) is 7.51. The molecule has 1 aromatic rings. The summed E-state index contributed by atoms with van der Waals surface area (Å²) in [5, 5.41) is 0. The molecule has 1 fully saturated rings. The van der Waals surface area contributed by atoms with Crippen LogP contribution in [0.15, 0.2) is 29.2 Å². The van der Waals surface area contributed by atoms with Crippen molar-refractivity contribution in [1.29, 1.82) is 0 Å². The molecule has 118 valence electrons. The van der Waals surface area contributed by atoms with Crippen molar-refractivity contribution < 1.29 is 8.42 Å². The molecular weight excluding hydrogens is 465 g/mol. The Morgan fingerprint density at radius 1 is 1.33 bits per heavy atom. The molecule has 0 N–H and O–H groups in total. The lowest BCUT2D eigenvalue weighted by Crippen LogP contribution is -2.55. The van der Waals surface area contributed by atoms with E-state index in [9.17, 15) is 8.42 Å². The first-order chi connectivity index (χ1) is 9.66. The predicted molar refractivity (Wildman–Crippen MR) is 98.6 cm³/mol. The molecule has 2 unspecified atom stereocenters. The van der Waals surface area contributed by atoms with Crippen molar-refractivity contribution in [2.45, 2.75) is 47.4 Å². The van der Waals surface area contributed by atoms with E-state index in [4.69, 9.17) is 0 Å². The van der Waals surface area contributed by atoms with Gasteiger partial charge in [-0.05, 0) is 37.3 Å². The lowest BCUT2D eigenvalue weighted by Gasteiger charge is -2.46. The van der Waals surface area contributed by atoms with Gasteiger partial charge in [-0.25, -0.2) is 8.42 Å². The van der Waals surface area contributed by atoms with E-state index in [2.05, 4.69) is 52.4 Å². The highest BCUT2D eigenvalue weighted by Crippen LogP contribution is 2.43. The summed E-state index contributed by atoms with van der Waals surface area (Å²) in [7, 11) is -3.45. The molecule has 1 aliphatic rings. The van der Waals surface area contributed by atoms with E-state index in [1.165, 1.54) is 0 Å². The Morgan fingerprint density at radius 3 is 2.43 bits per heavy atom. The number of rotatable bonds is 3. The fraction of sp³-hybridized carbons (Fsp3) is 0.600. The van der Waals surface area contributed by atoms with E-state index in [1.807, 2.05) is 19.1 Å². The van der Waals surface area contributed by atoms with Crippen molar-refractivity contribution in [2.75, 3.05) is 6.54 Å². The van der Waals surface area contributed by atoms with Crippen LogP contribution in [0.25, 0.3) is 0 Å². The van der Waals surface area contributed by atoms with E-state index in [1.54, 1.807) is 16.4 Å². The summed E-state index contributed by atoms with van der Waals surface area (Å²) in [5.41, 5.74) is 1.03. The van der Waals surface area contributed by atoms with E-state index in [-0.39, 0.29) is 14.3 Å². The second kappa shape index (κ2) is 6.45. The molecular formula is C15H21BrINO2S. The third-order valence-electron chi connectivity index (χ3n) is 4.18. The number of aryl methyl sites for hydroxylation is 1. The fourth-order valence-electron chi connectivity index (χ4n) is 2.95. The average molecular weight is 486 g/mol. The van der Waals surface area contributed by atoms with E-state index in [0.29, 0.717) is 11.4 Å². The quantitative estimate of drug-likeness (QED) is 0.472. The number of nitrogens with zero attached hydrogens (tertiary/aromatic N) is 1. The van der Waals surface area contributed by atoms with E-state index in [0.717, 1.165) is 18.4 Å². The first kappa shape index (κ1) is 17.7. The minimum atomic E-state index is -3.45. The van der Waals surface area contributed by atoms with Gasteiger partial charge in [-0.2, -0.15) is 4.31 Å². The number of benzene rings is 1. The van der Waals surface area contributed by atoms with Crippen molar-refractivity contribution >= 4 is 48.5 Å². The summed E-state index contributed by atoms with van der Waals surface area (Å²) in [6.07, 6.45) is 1.95. The minimum Gasteiger partial charge on any atom is -0.207 e. The summed E-state index contributed by atoms with van der Waals surface area (Å²) in [6, 6.07) is 7.08. The Labute approximate surface area is 149 Å². The molecule has 0 aromatic heterocycles. The van der Waals surface area contributed by atoms with Crippen LogP contribution < -0.4 is 0 Å². The molecule has 21 heavy (non-hydrogen) atoms. The van der Waals surface area contributed by atoms with Crippen molar-refractivity contribution in [3.8, 4) is 0 Å². The second-order valence-corrected chi connectivity index (χ2v) is 12.2. The molecule has 1 aliphatic heterocycles. The Kier molecular flexibility index (Phi) is 5.43.